The Hall–Kier alpha value is -1.95. The predicted octanol–water partition coefficient (Wildman–Crippen LogP) is 1.82. The Kier molecular flexibility index (Phi) is 3.57. The van der Waals surface area contributed by atoms with E-state index in [0.717, 1.165) is 10.6 Å². The highest BCUT2D eigenvalue weighted by atomic mass is 32.1. The van der Waals surface area contributed by atoms with Gasteiger partial charge in [-0.15, -0.1) is 11.3 Å². The average molecular weight is 263 g/mol. The zero-order valence-electron chi connectivity index (χ0n) is 10.1. The minimum absolute atomic E-state index is 0.0715. The van der Waals surface area contributed by atoms with Crippen LogP contribution in [0.1, 0.15) is 21.1 Å². The number of aryl methyl sites for hydroxylation is 1. The number of hydrogen-bond donors (Lipinski definition) is 1. The minimum Gasteiger partial charge on any atom is -0.505 e. The second-order valence-corrected chi connectivity index (χ2v) is 4.83. The molecule has 1 amide bonds. The molecule has 0 saturated heterocycles. The molecule has 0 unspecified atom stereocenters. The van der Waals surface area contributed by atoms with Crippen molar-refractivity contribution in [2.75, 3.05) is 7.05 Å². The fourth-order valence-electron chi connectivity index (χ4n) is 1.51. The lowest BCUT2D eigenvalue weighted by Crippen LogP contribution is -2.27. The maximum Gasteiger partial charge on any atom is 0.276 e. The molecule has 0 spiro atoms. The van der Waals surface area contributed by atoms with Crippen LogP contribution in [0.25, 0.3) is 0 Å². The first-order valence-corrected chi connectivity index (χ1v) is 6.26. The summed E-state index contributed by atoms with van der Waals surface area (Å²) in [6.45, 7) is 2.37. The van der Waals surface area contributed by atoms with Crippen LogP contribution in [0.5, 0.6) is 5.75 Å². The molecule has 5 nitrogen and oxygen atoms in total. The summed E-state index contributed by atoms with van der Waals surface area (Å²) in [7, 11) is 1.68. The van der Waals surface area contributed by atoms with E-state index in [-0.39, 0.29) is 17.4 Å². The van der Waals surface area contributed by atoms with Gasteiger partial charge in [0.15, 0.2) is 5.69 Å². The van der Waals surface area contributed by atoms with Crippen LogP contribution in [0.4, 0.5) is 0 Å². The summed E-state index contributed by atoms with van der Waals surface area (Å²) >= 11 is 1.51. The van der Waals surface area contributed by atoms with Gasteiger partial charge >= 0.3 is 0 Å². The van der Waals surface area contributed by atoms with Gasteiger partial charge in [0.25, 0.3) is 5.91 Å². The SMILES string of the molecule is Cc1ncsc1CN(C)C(=O)c1ncccc1O. The Morgan fingerprint density at radius 3 is 2.89 bits per heavy atom. The zero-order valence-corrected chi connectivity index (χ0v) is 10.9. The maximum absolute atomic E-state index is 12.1. The molecule has 0 aliphatic carbocycles. The monoisotopic (exact) mass is 263 g/mol. The van der Waals surface area contributed by atoms with E-state index in [1.54, 1.807) is 18.6 Å². The molecule has 2 heterocycles. The fourth-order valence-corrected chi connectivity index (χ4v) is 2.34. The molecule has 0 atom stereocenters. The van der Waals surface area contributed by atoms with Gasteiger partial charge in [0, 0.05) is 18.1 Å². The first-order valence-electron chi connectivity index (χ1n) is 5.38. The highest BCUT2D eigenvalue weighted by Crippen LogP contribution is 2.18. The van der Waals surface area contributed by atoms with Crippen molar-refractivity contribution >= 4 is 17.2 Å². The van der Waals surface area contributed by atoms with Crippen LogP contribution in [0.2, 0.25) is 0 Å². The number of thiazole rings is 1. The van der Waals surface area contributed by atoms with E-state index >= 15 is 0 Å². The fraction of sp³-hybridized carbons (Fsp3) is 0.250. The summed E-state index contributed by atoms with van der Waals surface area (Å²) in [4.78, 5) is 22.7. The molecule has 0 aliphatic heterocycles. The van der Waals surface area contributed by atoms with E-state index in [0.29, 0.717) is 6.54 Å². The number of amides is 1. The van der Waals surface area contributed by atoms with Crippen LogP contribution in [0, 0.1) is 6.92 Å². The molecule has 18 heavy (non-hydrogen) atoms. The van der Waals surface area contributed by atoms with Gasteiger partial charge < -0.3 is 10.0 Å². The van der Waals surface area contributed by atoms with Crippen molar-refractivity contribution < 1.29 is 9.90 Å². The van der Waals surface area contributed by atoms with Gasteiger partial charge in [0.2, 0.25) is 0 Å². The van der Waals surface area contributed by atoms with Gasteiger partial charge in [-0.1, -0.05) is 0 Å². The van der Waals surface area contributed by atoms with E-state index in [4.69, 9.17) is 0 Å². The van der Waals surface area contributed by atoms with Crippen LogP contribution in [0.3, 0.4) is 0 Å². The van der Waals surface area contributed by atoms with E-state index in [1.807, 2.05) is 6.92 Å². The third-order valence-corrected chi connectivity index (χ3v) is 3.48. The van der Waals surface area contributed by atoms with Crippen molar-refractivity contribution in [3.63, 3.8) is 0 Å². The molecular formula is C12H13N3O2S. The van der Waals surface area contributed by atoms with Crippen molar-refractivity contribution in [3.8, 4) is 5.75 Å². The molecule has 0 radical (unpaired) electrons. The molecule has 2 aromatic heterocycles. The molecule has 0 aromatic carbocycles. The predicted molar refractivity (Wildman–Crippen MR) is 68.6 cm³/mol. The highest BCUT2D eigenvalue weighted by Gasteiger charge is 2.18. The molecule has 0 saturated carbocycles. The lowest BCUT2D eigenvalue weighted by molar-refractivity contribution is 0.0777. The van der Waals surface area contributed by atoms with Crippen molar-refractivity contribution in [2.45, 2.75) is 13.5 Å². The molecule has 0 fully saturated rings. The van der Waals surface area contributed by atoms with E-state index < -0.39 is 0 Å². The van der Waals surface area contributed by atoms with Gasteiger partial charge in [-0.05, 0) is 19.1 Å². The van der Waals surface area contributed by atoms with Crippen molar-refractivity contribution in [2.24, 2.45) is 0 Å². The van der Waals surface area contributed by atoms with Gasteiger partial charge in [-0.25, -0.2) is 9.97 Å². The maximum atomic E-state index is 12.1. The Balaban J connectivity index is 2.15. The number of nitrogens with zero attached hydrogens (tertiary/aromatic N) is 3. The molecule has 2 rings (SSSR count). The van der Waals surface area contributed by atoms with Gasteiger partial charge in [-0.3, -0.25) is 4.79 Å². The normalized spacial score (nSPS) is 10.3. The number of rotatable bonds is 3. The van der Waals surface area contributed by atoms with Crippen molar-refractivity contribution in [1.82, 2.24) is 14.9 Å². The van der Waals surface area contributed by atoms with Gasteiger partial charge in [0.1, 0.15) is 5.75 Å². The summed E-state index contributed by atoms with van der Waals surface area (Å²) in [5.41, 5.74) is 2.74. The number of carbonyl (C=O) groups is 1. The summed E-state index contributed by atoms with van der Waals surface area (Å²) in [5.74, 6) is -0.406. The average Bonchev–Trinajstić information content (AvgIpc) is 2.75. The number of hydrogen-bond acceptors (Lipinski definition) is 5. The molecule has 0 aliphatic rings. The molecule has 0 bridgehead atoms. The van der Waals surface area contributed by atoms with Crippen LogP contribution >= 0.6 is 11.3 Å². The second-order valence-electron chi connectivity index (χ2n) is 3.89. The highest BCUT2D eigenvalue weighted by molar-refractivity contribution is 7.09. The van der Waals surface area contributed by atoms with E-state index in [1.165, 1.54) is 28.5 Å². The molecule has 6 heteroatoms. The first-order chi connectivity index (χ1) is 8.59. The third kappa shape index (κ3) is 2.48. The Labute approximate surface area is 109 Å². The van der Waals surface area contributed by atoms with Crippen LogP contribution < -0.4 is 0 Å². The van der Waals surface area contributed by atoms with Crippen LogP contribution in [-0.4, -0.2) is 32.9 Å². The van der Waals surface area contributed by atoms with Crippen molar-refractivity contribution in [1.29, 1.82) is 0 Å². The largest absolute Gasteiger partial charge is 0.505 e. The van der Waals surface area contributed by atoms with Gasteiger partial charge in [-0.2, -0.15) is 0 Å². The van der Waals surface area contributed by atoms with E-state index in [9.17, 15) is 9.90 Å². The zero-order chi connectivity index (χ0) is 13.1. The number of aromatic hydroxyl groups is 1. The third-order valence-electron chi connectivity index (χ3n) is 2.56. The van der Waals surface area contributed by atoms with Crippen LogP contribution in [-0.2, 0) is 6.54 Å². The van der Waals surface area contributed by atoms with Crippen LogP contribution in [0.15, 0.2) is 23.8 Å². The molecule has 1 N–H and O–H groups in total. The minimum atomic E-state index is -0.305. The number of carbonyl (C=O) groups excluding carboxylic acids is 1. The number of aromatic nitrogens is 2. The number of pyridine rings is 1. The standard InChI is InChI=1S/C12H13N3O2S/c1-8-10(18-7-14-8)6-15(2)12(17)11-9(16)4-3-5-13-11/h3-5,7,16H,6H2,1-2H3. The summed E-state index contributed by atoms with van der Waals surface area (Å²) in [6, 6.07) is 3.03. The topological polar surface area (TPSA) is 66.3 Å². The second kappa shape index (κ2) is 5.14. The lowest BCUT2D eigenvalue weighted by atomic mass is 10.3. The first kappa shape index (κ1) is 12.5. The Bertz CT molecular complexity index is 568. The molecule has 94 valence electrons. The molecule has 2 aromatic rings. The summed E-state index contributed by atoms with van der Waals surface area (Å²) in [5, 5.41) is 9.59. The summed E-state index contributed by atoms with van der Waals surface area (Å²) < 4.78 is 0. The lowest BCUT2D eigenvalue weighted by Gasteiger charge is -2.16. The Morgan fingerprint density at radius 1 is 1.50 bits per heavy atom. The van der Waals surface area contributed by atoms with Gasteiger partial charge in [0.05, 0.1) is 17.7 Å². The molecular weight excluding hydrogens is 250 g/mol. The van der Waals surface area contributed by atoms with E-state index in [2.05, 4.69) is 9.97 Å². The smallest absolute Gasteiger partial charge is 0.276 e. The summed E-state index contributed by atoms with van der Waals surface area (Å²) in [6.07, 6.45) is 1.48. The Morgan fingerprint density at radius 2 is 2.28 bits per heavy atom. The quantitative estimate of drug-likeness (QED) is 0.917. The van der Waals surface area contributed by atoms with Crippen molar-refractivity contribution in [3.05, 3.63) is 40.1 Å².